The maximum Gasteiger partial charge on any atom is 0.227 e. The molecular weight excluding hydrogens is 220 g/mol. The minimum Gasteiger partial charge on any atom is -0.395 e. The predicted octanol–water partition coefficient (Wildman–Crippen LogP) is -0.158. The van der Waals surface area contributed by atoms with Gasteiger partial charge >= 0.3 is 0 Å². The van der Waals surface area contributed by atoms with E-state index in [0.29, 0.717) is 18.3 Å². The second kappa shape index (κ2) is 5.79. The lowest BCUT2D eigenvalue weighted by atomic mass is 10.2. The van der Waals surface area contributed by atoms with Crippen LogP contribution in [-0.2, 0) is 0 Å². The van der Waals surface area contributed by atoms with Gasteiger partial charge in [-0.1, -0.05) is 0 Å². The smallest absolute Gasteiger partial charge is 0.227 e. The highest BCUT2D eigenvalue weighted by atomic mass is 16.3. The lowest BCUT2D eigenvalue weighted by Crippen LogP contribution is -2.33. The van der Waals surface area contributed by atoms with E-state index in [-0.39, 0.29) is 19.3 Å². The summed E-state index contributed by atoms with van der Waals surface area (Å²) in [6.45, 7) is 1.56. The van der Waals surface area contributed by atoms with Crippen molar-refractivity contribution in [3.8, 4) is 0 Å². The van der Waals surface area contributed by atoms with Crippen LogP contribution in [0.25, 0.3) is 0 Å². The van der Waals surface area contributed by atoms with E-state index >= 15 is 0 Å². The van der Waals surface area contributed by atoms with E-state index in [0.717, 1.165) is 19.4 Å². The lowest BCUT2D eigenvalue weighted by Gasteiger charge is -2.23. The molecule has 0 aromatic carbocycles. The van der Waals surface area contributed by atoms with Gasteiger partial charge in [-0.15, -0.1) is 0 Å². The molecule has 6 heteroatoms. The summed E-state index contributed by atoms with van der Waals surface area (Å²) in [5, 5.41) is 21.0. The van der Waals surface area contributed by atoms with Gasteiger partial charge in [-0.3, -0.25) is 0 Å². The quantitative estimate of drug-likeness (QED) is 0.661. The molecule has 0 radical (unpaired) electrons. The summed E-state index contributed by atoms with van der Waals surface area (Å²) in [6, 6.07) is 1.89. The van der Waals surface area contributed by atoms with Gasteiger partial charge in [-0.2, -0.15) is 4.98 Å². The third-order valence-electron chi connectivity index (χ3n) is 2.91. The molecule has 0 saturated carbocycles. The molecule has 0 spiro atoms. The first-order valence-electron chi connectivity index (χ1n) is 5.90. The fourth-order valence-corrected chi connectivity index (χ4v) is 2.06. The first kappa shape index (κ1) is 12.1. The van der Waals surface area contributed by atoms with Crippen molar-refractivity contribution >= 4 is 11.8 Å². The van der Waals surface area contributed by atoms with Crippen molar-refractivity contribution in [2.45, 2.75) is 18.9 Å². The molecule has 1 fully saturated rings. The Morgan fingerprint density at radius 3 is 3.12 bits per heavy atom. The average Bonchev–Trinajstić information content (AvgIpc) is 2.85. The Balaban J connectivity index is 2.09. The van der Waals surface area contributed by atoms with Crippen molar-refractivity contribution in [1.82, 2.24) is 9.97 Å². The summed E-state index contributed by atoms with van der Waals surface area (Å²) in [6.07, 6.45) is 3.73. The Morgan fingerprint density at radius 1 is 1.47 bits per heavy atom. The lowest BCUT2D eigenvalue weighted by molar-refractivity contribution is 0.265. The van der Waals surface area contributed by atoms with Crippen molar-refractivity contribution in [2.75, 3.05) is 36.5 Å². The molecule has 1 atom stereocenters. The van der Waals surface area contributed by atoms with Crippen molar-refractivity contribution in [3.63, 3.8) is 0 Å². The van der Waals surface area contributed by atoms with Gasteiger partial charge in [0, 0.05) is 19.3 Å². The molecule has 1 aliphatic rings. The third kappa shape index (κ3) is 2.83. The molecule has 1 aliphatic heterocycles. The van der Waals surface area contributed by atoms with E-state index in [2.05, 4.69) is 15.3 Å². The van der Waals surface area contributed by atoms with Crippen molar-refractivity contribution in [2.24, 2.45) is 0 Å². The van der Waals surface area contributed by atoms with Crippen molar-refractivity contribution in [1.29, 1.82) is 0 Å². The van der Waals surface area contributed by atoms with E-state index < -0.39 is 0 Å². The number of aromatic nitrogens is 2. The second-order valence-corrected chi connectivity index (χ2v) is 4.06. The van der Waals surface area contributed by atoms with Crippen LogP contribution < -0.4 is 10.2 Å². The Bertz CT molecular complexity index is 361. The largest absolute Gasteiger partial charge is 0.395 e. The van der Waals surface area contributed by atoms with Crippen LogP contribution in [0.3, 0.4) is 0 Å². The number of aliphatic hydroxyl groups is 2. The molecule has 1 aromatic heterocycles. The van der Waals surface area contributed by atoms with Crippen molar-refractivity contribution < 1.29 is 10.2 Å². The molecule has 0 amide bonds. The number of nitrogens with zero attached hydrogens (tertiary/aromatic N) is 3. The molecule has 2 heterocycles. The van der Waals surface area contributed by atoms with E-state index in [4.69, 9.17) is 5.11 Å². The summed E-state index contributed by atoms with van der Waals surface area (Å²) in [5.41, 5.74) is 0. The van der Waals surface area contributed by atoms with Gasteiger partial charge in [0.25, 0.3) is 0 Å². The number of nitrogens with one attached hydrogen (secondary N) is 1. The van der Waals surface area contributed by atoms with E-state index in [1.165, 1.54) is 0 Å². The van der Waals surface area contributed by atoms with Crippen LogP contribution in [0.15, 0.2) is 12.3 Å². The van der Waals surface area contributed by atoms with E-state index in [1.807, 2.05) is 4.90 Å². The fraction of sp³-hybridized carbons (Fsp3) is 0.636. The first-order valence-corrected chi connectivity index (χ1v) is 5.90. The molecule has 6 nitrogen and oxygen atoms in total. The summed E-state index contributed by atoms with van der Waals surface area (Å²) in [4.78, 5) is 10.6. The van der Waals surface area contributed by atoms with Gasteiger partial charge in [-0.05, 0) is 18.9 Å². The first-order chi connectivity index (χ1) is 8.35. The van der Waals surface area contributed by atoms with Crippen LogP contribution in [0.5, 0.6) is 0 Å². The van der Waals surface area contributed by atoms with Crippen molar-refractivity contribution in [3.05, 3.63) is 12.3 Å². The molecule has 0 aliphatic carbocycles. The van der Waals surface area contributed by atoms with E-state index in [1.54, 1.807) is 12.3 Å². The van der Waals surface area contributed by atoms with Crippen LogP contribution in [0, 0.1) is 0 Å². The Hall–Kier alpha value is -1.40. The van der Waals surface area contributed by atoms with Gasteiger partial charge in [-0.25, -0.2) is 4.98 Å². The SMILES string of the molecule is OCCNc1ccnc(N2CCCC2CO)n1. The topological polar surface area (TPSA) is 81.5 Å². The predicted molar refractivity (Wildman–Crippen MR) is 65.1 cm³/mol. The number of rotatable bonds is 5. The normalized spacial score (nSPS) is 19.6. The summed E-state index contributed by atoms with van der Waals surface area (Å²) >= 11 is 0. The van der Waals surface area contributed by atoms with Gasteiger partial charge in [0.15, 0.2) is 0 Å². The molecule has 2 rings (SSSR count). The maximum absolute atomic E-state index is 9.26. The monoisotopic (exact) mass is 238 g/mol. The highest BCUT2D eigenvalue weighted by Gasteiger charge is 2.25. The van der Waals surface area contributed by atoms with Crippen LogP contribution in [0.4, 0.5) is 11.8 Å². The third-order valence-corrected chi connectivity index (χ3v) is 2.91. The van der Waals surface area contributed by atoms with Crippen LogP contribution in [-0.4, -0.2) is 52.5 Å². The molecule has 1 unspecified atom stereocenters. The standard InChI is InChI=1S/C11H18N4O2/c16-7-5-12-10-3-4-13-11(14-10)15-6-1-2-9(15)8-17/h3-4,9,16-17H,1-2,5-8H2,(H,12,13,14). The van der Waals surface area contributed by atoms with E-state index in [9.17, 15) is 5.11 Å². The minimum absolute atomic E-state index is 0.0717. The molecule has 3 N–H and O–H groups in total. The zero-order valence-electron chi connectivity index (χ0n) is 9.71. The van der Waals surface area contributed by atoms with Crippen LogP contribution in [0.2, 0.25) is 0 Å². The highest BCUT2D eigenvalue weighted by Crippen LogP contribution is 2.22. The Morgan fingerprint density at radius 2 is 2.35 bits per heavy atom. The zero-order chi connectivity index (χ0) is 12.1. The Kier molecular flexibility index (Phi) is 4.11. The van der Waals surface area contributed by atoms with Gasteiger partial charge in [0.1, 0.15) is 5.82 Å². The summed E-state index contributed by atoms with van der Waals surface area (Å²) in [7, 11) is 0. The zero-order valence-corrected chi connectivity index (χ0v) is 9.71. The minimum atomic E-state index is 0.0717. The van der Waals surface area contributed by atoms with Crippen LogP contribution in [0.1, 0.15) is 12.8 Å². The number of hydrogen-bond acceptors (Lipinski definition) is 6. The number of aliphatic hydroxyl groups excluding tert-OH is 2. The maximum atomic E-state index is 9.26. The molecule has 0 bridgehead atoms. The summed E-state index contributed by atoms with van der Waals surface area (Å²) < 4.78 is 0. The molecule has 94 valence electrons. The molecule has 1 aromatic rings. The van der Waals surface area contributed by atoms with Gasteiger partial charge in [0.05, 0.1) is 19.3 Å². The average molecular weight is 238 g/mol. The summed E-state index contributed by atoms with van der Waals surface area (Å²) in [5.74, 6) is 1.34. The Labute approximate surface area is 100 Å². The number of hydrogen-bond donors (Lipinski definition) is 3. The van der Waals surface area contributed by atoms with Gasteiger partial charge in [0.2, 0.25) is 5.95 Å². The second-order valence-electron chi connectivity index (χ2n) is 4.06. The highest BCUT2D eigenvalue weighted by molar-refractivity contribution is 5.42. The molecule has 1 saturated heterocycles. The molecular formula is C11H18N4O2. The van der Waals surface area contributed by atoms with Gasteiger partial charge < -0.3 is 20.4 Å². The number of anilines is 2. The fourth-order valence-electron chi connectivity index (χ4n) is 2.06. The van der Waals surface area contributed by atoms with Crippen LogP contribution >= 0.6 is 0 Å². The molecule has 17 heavy (non-hydrogen) atoms.